The van der Waals surface area contributed by atoms with E-state index in [1.54, 1.807) is 0 Å². The van der Waals surface area contributed by atoms with E-state index in [-0.39, 0.29) is 0 Å². The third-order valence-electron chi connectivity index (χ3n) is 0.733. The molecule has 3 heteroatoms. The Kier molecular flexibility index (Phi) is 6.64. The van der Waals surface area contributed by atoms with E-state index >= 15 is 0 Å². The van der Waals surface area contributed by atoms with Crippen LogP contribution < -0.4 is 0 Å². The molecule has 1 rings (SSSR count). The van der Waals surface area contributed by atoms with Crippen LogP contribution in [0.1, 0.15) is 0 Å². The first-order valence-electron chi connectivity index (χ1n) is 2.67. The zero-order valence-corrected chi connectivity index (χ0v) is 7.98. The van der Waals surface area contributed by atoms with Gasteiger partial charge in [0.2, 0.25) is 6.26 Å². The molecule has 0 bridgehead atoms. The molecule has 0 unspecified atom stereocenters. The summed E-state index contributed by atoms with van der Waals surface area (Å²) in [5.74, 6) is 0. The molecule has 0 amide bonds. The molecule has 0 saturated carbocycles. The van der Waals surface area contributed by atoms with Gasteiger partial charge in [-0.3, -0.25) is 0 Å². The lowest BCUT2D eigenvalue weighted by Crippen LogP contribution is -1.55. The molecule has 1 aromatic carbocycles. The third kappa shape index (κ3) is 5.85. The van der Waals surface area contributed by atoms with Gasteiger partial charge < -0.3 is 0 Å². The van der Waals surface area contributed by atoms with Gasteiger partial charge in [-0.1, -0.05) is 34.1 Å². The number of benzene rings is 1. The Morgan fingerprint density at radius 3 is 1.90 bits per heavy atom. The van der Waals surface area contributed by atoms with Crippen LogP contribution in [-0.4, -0.2) is 6.26 Å². The normalized spacial score (nSPS) is 7.40. The van der Waals surface area contributed by atoms with Crippen molar-refractivity contribution in [3.63, 3.8) is 0 Å². The van der Waals surface area contributed by atoms with Gasteiger partial charge in [-0.05, 0) is 12.1 Å². The van der Waals surface area contributed by atoms with Crippen LogP contribution in [0.3, 0.4) is 0 Å². The van der Waals surface area contributed by atoms with Gasteiger partial charge in [0.25, 0.3) is 0 Å². The summed E-state index contributed by atoms with van der Waals surface area (Å²) in [6, 6.07) is 9.97. The van der Waals surface area contributed by atoms with Crippen LogP contribution in [0.5, 0.6) is 0 Å². The minimum Gasteiger partial charge on any atom is -0.0622 e. The van der Waals surface area contributed by atoms with Crippen LogP contribution >= 0.6 is 15.9 Å². The van der Waals surface area contributed by atoms with Gasteiger partial charge in [-0.15, -0.1) is 0 Å². The second kappa shape index (κ2) is 6.83. The summed E-state index contributed by atoms with van der Waals surface area (Å²) in [6.07, 6.45) is 1.49. The molecule has 1 aromatic rings. The maximum atomic E-state index is 8.85. The molecular formula is C7H8BrOS+. The van der Waals surface area contributed by atoms with Gasteiger partial charge in [0.1, 0.15) is 0 Å². The van der Waals surface area contributed by atoms with E-state index < -0.39 is 0 Å². The fourth-order valence-electron chi connectivity index (χ4n) is 0.415. The highest BCUT2D eigenvalue weighted by Gasteiger charge is 1.74. The van der Waals surface area contributed by atoms with E-state index in [1.165, 1.54) is 6.26 Å². The zero-order chi connectivity index (χ0) is 7.82. The lowest BCUT2D eigenvalue weighted by Gasteiger charge is -1.80. The summed E-state index contributed by atoms with van der Waals surface area (Å²) in [5.41, 5.74) is 0. The van der Waals surface area contributed by atoms with Crippen LogP contribution in [0, 0.1) is 0 Å². The van der Waals surface area contributed by atoms with Crippen LogP contribution in [0.2, 0.25) is 0 Å². The van der Waals surface area contributed by atoms with E-state index in [1.807, 2.05) is 30.3 Å². The number of halogens is 1. The average Bonchev–Trinajstić information content (AvgIpc) is 1.91. The first-order valence-corrected chi connectivity index (χ1v) is 4.62. The molecule has 0 fully saturated rings. The monoisotopic (exact) mass is 219 g/mol. The second-order valence-electron chi connectivity index (χ2n) is 1.46. The molecular weight excluding hydrogens is 212 g/mol. The summed E-state index contributed by atoms with van der Waals surface area (Å²) in [4.78, 5) is 0. The molecule has 0 spiro atoms. The Morgan fingerprint density at radius 2 is 1.70 bits per heavy atom. The van der Waals surface area contributed by atoms with Crippen LogP contribution in [0.15, 0.2) is 34.8 Å². The van der Waals surface area contributed by atoms with Crippen molar-refractivity contribution in [3.05, 3.63) is 34.8 Å². The van der Waals surface area contributed by atoms with Gasteiger partial charge in [0.15, 0.2) is 0 Å². The van der Waals surface area contributed by atoms with Crippen LogP contribution in [0.4, 0.5) is 0 Å². The largest absolute Gasteiger partial charge is 0.455 e. The summed E-state index contributed by atoms with van der Waals surface area (Å²) in [5, 5.41) is 0. The van der Waals surface area contributed by atoms with Crippen molar-refractivity contribution in [3.8, 4) is 0 Å². The Morgan fingerprint density at radius 1 is 1.30 bits per heavy atom. The summed E-state index contributed by atoms with van der Waals surface area (Å²) >= 11 is 3.81. The van der Waals surface area contributed by atoms with Gasteiger partial charge in [0, 0.05) is 8.68 Å². The van der Waals surface area contributed by atoms with Gasteiger partial charge in [-0.2, -0.15) is 0 Å². The fourth-order valence-corrected chi connectivity index (χ4v) is 0.720. The highest BCUT2D eigenvalue weighted by atomic mass is 79.9. The molecule has 0 radical (unpaired) electrons. The Balaban J connectivity index is 0.000000236. The minimum absolute atomic E-state index is 0.500. The first-order chi connectivity index (χ1) is 4.81. The number of hydrogen-bond donors (Lipinski definition) is 0. The molecule has 0 N–H and O–H groups in total. The van der Waals surface area contributed by atoms with E-state index in [0.717, 1.165) is 4.47 Å². The Hall–Kier alpha value is -0.280. The number of rotatable bonds is 0. The predicted octanol–water partition coefficient (Wildman–Crippen LogP) is 2.49. The fraction of sp³-hybridized carbons (Fsp3) is 0.143. The zero-order valence-electron chi connectivity index (χ0n) is 5.58. The topological polar surface area (TPSA) is 17.1 Å². The average molecular weight is 220 g/mol. The van der Waals surface area contributed by atoms with E-state index in [2.05, 4.69) is 15.9 Å². The quantitative estimate of drug-likeness (QED) is 0.614. The molecule has 54 valence electrons. The molecule has 0 saturated heterocycles. The lowest BCUT2D eigenvalue weighted by molar-refractivity contribution is 0.607. The Bertz CT molecular complexity index is 176. The SMILES string of the molecule is Brc1ccccc1.C[S+]=O. The first kappa shape index (κ1) is 9.72. The van der Waals surface area contributed by atoms with Crippen molar-refractivity contribution >= 4 is 27.6 Å². The van der Waals surface area contributed by atoms with Gasteiger partial charge >= 0.3 is 11.7 Å². The maximum absolute atomic E-state index is 8.85. The Labute approximate surface area is 73.1 Å². The van der Waals surface area contributed by atoms with Crippen molar-refractivity contribution < 1.29 is 4.21 Å². The third-order valence-corrected chi connectivity index (χ3v) is 1.26. The van der Waals surface area contributed by atoms with E-state index in [9.17, 15) is 0 Å². The summed E-state index contributed by atoms with van der Waals surface area (Å²) in [7, 11) is 0. The molecule has 1 nitrogen and oxygen atoms in total. The molecule has 0 aliphatic rings. The van der Waals surface area contributed by atoms with Gasteiger partial charge in [-0.25, -0.2) is 0 Å². The standard InChI is InChI=1S/C6H5Br.CH3OS/c7-6-4-2-1-3-5-6;1-3-2/h1-5H;1H3/q;+1. The van der Waals surface area contributed by atoms with E-state index in [0.29, 0.717) is 11.7 Å². The lowest BCUT2D eigenvalue weighted by atomic mass is 10.4. The van der Waals surface area contributed by atoms with Crippen molar-refractivity contribution in [2.45, 2.75) is 0 Å². The highest BCUT2D eigenvalue weighted by Crippen LogP contribution is 2.05. The van der Waals surface area contributed by atoms with Crippen LogP contribution in [0.25, 0.3) is 0 Å². The maximum Gasteiger partial charge on any atom is 0.455 e. The van der Waals surface area contributed by atoms with Crippen LogP contribution in [-0.2, 0) is 15.9 Å². The van der Waals surface area contributed by atoms with Crippen molar-refractivity contribution in [1.29, 1.82) is 0 Å². The van der Waals surface area contributed by atoms with Crippen molar-refractivity contribution in [2.24, 2.45) is 0 Å². The van der Waals surface area contributed by atoms with Crippen molar-refractivity contribution in [2.75, 3.05) is 6.26 Å². The molecule has 10 heavy (non-hydrogen) atoms. The molecule has 0 aliphatic carbocycles. The van der Waals surface area contributed by atoms with Gasteiger partial charge in [0.05, 0.1) is 0 Å². The highest BCUT2D eigenvalue weighted by molar-refractivity contribution is 9.10. The number of hydrogen-bond acceptors (Lipinski definition) is 1. The minimum atomic E-state index is 0.500. The molecule has 0 aromatic heterocycles. The van der Waals surface area contributed by atoms with E-state index in [4.69, 9.17) is 4.21 Å². The second-order valence-corrected chi connectivity index (χ2v) is 2.71. The molecule has 0 heterocycles. The molecule has 0 aliphatic heterocycles. The smallest absolute Gasteiger partial charge is 0.0622 e. The summed E-state index contributed by atoms with van der Waals surface area (Å²) in [6.45, 7) is 0. The van der Waals surface area contributed by atoms with Crippen molar-refractivity contribution in [1.82, 2.24) is 0 Å². The molecule has 0 atom stereocenters. The summed E-state index contributed by atoms with van der Waals surface area (Å²) < 4.78 is 9.98. The predicted molar refractivity (Wildman–Crippen MR) is 48.1 cm³/mol.